The average molecular weight is 360 g/mol. The number of alkyl halides is 3. The fourth-order valence-electron chi connectivity index (χ4n) is 3.43. The van der Waals surface area contributed by atoms with Gasteiger partial charge in [0, 0.05) is 31.2 Å². The van der Waals surface area contributed by atoms with Crippen LogP contribution in [0.25, 0.3) is 0 Å². The summed E-state index contributed by atoms with van der Waals surface area (Å²) in [6.07, 6.45) is -2.24. The molecule has 0 spiro atoms. The molecule has 1 saturated heterocycles. The summed E-state index contributed by atoms with van der Waals surface area (Å²) in [5.41, 5.74) is 3.01. The predicted molar refractivity (Wildman–Crippen MR) is 89.2 cm³/mol. The SMILES string of the molecule is Cc1nn(C)c(C)c1CC(C)C(=O)NC1CCCN(CC(F)(F)F)C1. The molecule has 1 aliphatic rings. The van der Waals surface area contributed by atoms with Gasteiger partial charge in [0.15, 0.2) is 0 Å². The van der Waals surface area contributed by atoms with Gasteiger partial charge in [-0.1, -0.05) is 6.92 Å². The number of amides is 1. The van der Waals surface area contributed by atoms with E-state index in [-0.39, 0.29) is 24.4 Å². The number of hydrogen-bond donors (Lipinski definition) is 1. The maximum atomic E-state index is 12.5. The zero-order valence-corrected chi connectivity index (χ0v) is 15.3. The van der Waals surface area contributed by atoms with Crippen molar-refractivity contribution in [1.82, 2.24) is 20.0 Å². The van der Waals surface area contributed by atoms with Crippen LogP contribution in [0.5, 0.6) is 0 Å². The maximum absolute atomic E-state index is 12.5. The first-order valence-corrected chi connectivity index (χ1v) is 8.65. The van der Waals surface area contributed by atoms with Crippen LogP contribution in [0.15, 0.2) is 0 Å². The minimum absolute atomic E-state index is 0.110. The second-order valence-electron chi connectivity index (χ2n) is 7.08. The normalized spacial score (nSPS) is 20.5. The van der Waals surface area contributed by atoms with E-state index in [2.05, 4.69) is 10.4 Å². The number of carbonyl (C=O) groups excluding carboxylic acids is 1. The summed E-state index contributed by atoms with van der Waals surface area (Å²) in [6, 6.07) is -0.220. The number of rotatable bonds is 5. The highest BCUT2D eigenvalue weighted by Gasteiger charge is 2.33. The van der Waals surface area contributed by atoms with E-state index in [1.165, 1.54) is 4.90 Å². The Morgan fingerprint density at radius 1 is 1.40 bits per heavy atom. The van der Waals surface area contributed by atoms with Gasteiger partial charge in [0.1, 0.15) is 0 Å². The quantitative estimate of drug-likeness (QED) is 0.877. The summed E-state index contributed by atoms with van der Waals surface area (Å²) >= 11 is 0. The lowest BCUT2D eigenvalue weighted by Gasteiger charge is -2.34. The Hall–Kier alpha value is -1.57. The van der Waals surface area contributed by atoms with Crippen molar-refractivity contribution >= 4 is 5.91 Å². The van der Waals surface area contributed by atoms with Crippen molar-refractivity contribution in [2.45, 2.75) is 52.3 Å². The minimum Gasteiger partial charge on any atom is -0.352 e. The van der Waals surface area contributed by atoms with Crippen molar-refractivity contribution in [1.29, 1.82) is 0 Å². The molecule has 1 aromatic heterocycles. The van der Waals surface area contributed by atoms with Crippen LogP contribution in [0.1, 0.15) is 36.7 Å². The van der Waals surface area contributed by atoms with Gasteiger partial charge in [0.25, 0.3) is 0 Å². The van der Waals surface area contributed by atoms with Crippen molar-refractivity contribution in [3.8, 4) is 0 Å². The molecule has 25 heavy (non-hydrogen) atoms. The lowest BCUT2D eigenvalue weighted by molar-refractivity contribution is -0.148. The van der Waals surface area contributed by atoms with Gasteiger partial charge >= 0.3 is 6.18 Å². The topological polar surface area (TPSA) is 50.2 Å². The summed E-state index contributed by atoms with van der Waals surface area (Å²) in [5, 5.41) is 7.28. The first kappa shape index (κ1) is 19.8. The van der Waals surface area contributed by atoms with E-state index in [0.717, 1.165) is 23.4 Å². The van der Waals surface area contributed by atoms with Gasteiger partial charge < -0.3 is 5.32 Å². The van der Waals surface area contributed by atoms with Gasteiger partial charge in [-0.15, -0.1) is 0 Å². The van der Waals surface area contributed by atoms with Crippen molar-refractivity contribution in [2.75, 3.05) is 19.6 Å². The molecule has 0 aromatic carbocycles. The molecule has 2 unspecified atom stereocenters. The Morgan fingerprint density at radius 2 is 2.08 bits per heavy atom. The van der Waals surface area contributed by atoms with Crippen LogP contribution in [0.3, 0.4) is 0 Å². The van der Waals surface area contributed by atoms with Crippen LogP contribution in [0.2, 0.25) is 0 Å². The number of aromatic nitrogens is 2. The van der Waals surface area contributed by atoms with Gasteiger partial charge in [-0.3, -0.25) is 14.4 Å². The highest BCUT2D eigenvalue weighted by molar-refractivity contribution is 5.79. The maximum Gasteiger partial charge on any atom is 0.401 e. The molecule has 0 radical (unpaired) electrons. The van der Waals surface area contributed by atoms with E-state index < -0.39 is 12.7 Å². The van der Waals surface area contributed by atoms with Crippen LogP contribution in [-0.4, -0.2) is 52.4 Å². The molecule has 1 aromatic rings. The number of carbonyl (C=O) groups is 1. The summed E-state index contributed by atoms with van der Waals surface area (Å²) < 4.78 is 39.4. The summed E-state index contributed by atoms with van der Waals surface area (Å²) in [5.74, 6) is -0.360. The molecular formula is C17H27F3N4O. The highest BCUT2D eigenvalue weighted by atomic mass is 19.4. The number of nitrogens with one attached hydrogen (secondary N) is 1. The molecule has 2 heterocycles. The summed E-state index contributed by atoms with van der Waals surface area (Å²) in [4.78, 5) is 13.8. The van der Waals surface area contributed by atoms with Crippen molar-refractivity contribution in [2.24, 2.45) is 13.0 Å². The van der Waals surface area contributed by atoms with Gasteiger partial charge in [-0.25, -0.2) is 0 Å². The Morgan fingerprint density at radius 3 is 2.64 bits per heavy atom. The average Bonchev–Trinajstić information content (AvgIpc) is 2.72. The van der Waals surface area contributed by atoms with Crippen LogP contribution in [0, 0.1) is 19.8 Å². The predicted octanol–water partition coefficient (Wildman–Crippen LogP) is 2.36. The van der Waals surface area contributed by atoms with E-state index >= 15 is 0 Å². The molecule has 1 amide bonds. The van der Waals surface area contributed by atoms with E-state index in [4.69, 9.17) is 0 Å². The number of aryl methyl sites for hydroxylation is 2. The molecule has 0 saturated carbocycles. The fourth-order valence-corrected chi connectivity index (χ4v) is 3.43. The first-order chi connectivity index (χ1) is 11.6. The Bertz CT molecular complexity index is 612. The molecule has 0 bridgehead atoms. The second kappa shape index (κ2) is 7.76. The monoisotopic (exact) mass is 360 g/mol. The van der Waals surface area contributed by atoms with E-state index in [9.17, 15) is 18.0 Å². The fraction of sp³-hybridized carbons (Fsp3) is 0.765. The molecule has 1 N–H and O–H groups in total. The third kappa shape index (κ3) is 5.45. The van der Waals surface area contributed by atoms with E-state index in [1.807, 2.05) is 27.8 Å². The lowest BCUT2D eigenvalue weighted by atomic mass is 9.97. The molecule has 2 atom stereocenters. The second-order valence-corrected chi connectivity index (χ2v) is 7.08. The molecule has 2 rings (SSSR count). The lowest BCUT2D eigenvalue weighted by Crippen LogP contribution is -2.51. The molecule has 1 fully saturated rings. The Kier molecular flexibility index (Phi) is 6.13. The molecule has 5 nitrogen and oxygen atoms in total. The minimum atomic E-state index is -4.20. The molecule has 0 aliphatic carbocycles. The smallest absolute Gasteiger partial charge is 0.352 e. The summed E-state index contributed by atoms with van der Waals surface area (Å²) in [6.45, 7) is 5.50. The Balaban J connectivity index is 1.90. The van der Waals surface area contributed by atoms with Crippen LogP contribution in [0.4, 0.5) is 13.2 Å². The first-order valence-electron chi connectivity index (χ1n) is 8.65. The third-order valence-corrected chi connectivity index (χ3v) is 4.87. The standard InChI is InChI=1S/C17H27F3N4O/c1-11(8-15-12(2)22-23(4)13(15)3)16(25)21-14-6-5-7-24(9-14)10-17(18,19)20/h11,14H,5-10H2,1-4H3,(H,21,25). The van der Waals surface area contributed by atoms with Gasteiger partial charge in [-0.05, 0) is 45.2 Å². The van der Waals surface area contributed by atoms with Crippen molar-refractivity contribution in [3.63, 3.8) is 0 Å². The zero-order valence-electron chi connectivity index (χ0n) is 15.3. The zero-order chi connectivity index (χ0) is 18.8. The number of nitrogens with zero attached hydrogens (tertiary/aromatic N) is 3. The third-order valence-electron chi connectivity index (χ3n) is 4.87. The number of halogens is 3. The van der Waals surface area contributed by atoms with Gasteiger partial charge in [0.05, 0.1) is 12.2 Å². The van der Waals surface area contributed by atoms with Crippen LogP contribution in [-0.2, 0) is 18.3 Å². The van der Waals surface area contributed by atoms with Gasteiger partial charge in [0.2, 0.25) is 5.91 Å². The molecular weight excluding hydrogens is 333 g/mol. The molecule has 8 heteroatoms. The van der Waals surface area contributed by atoms with Gasteiger partial charge in [-0.2, -0.15) is 18.3 Å². The van der Waals surface area contributed by atoms with Crippen molar-refractivity contribution in [3.05, 3.63) is 17.0 Å². The summed E-state index contributed by atoms with van der Waals surface area (Å²) in [7, 11) is 1.87. The highest BCUT2D eigenvalue weighted by Crippen LogP contribution is 2.21. The molecule has 1 aliphatic heterocycles. The number of likely N-dealkylation sites (tertiary alicyclic amines) is 1. The van der Waals surface area contributed by atoms with Crippen LogP contribution < -0.4 is 5.32 Å². The molecule has 142 valence electrons. The van der Waals surface area contributed by atoms with E-state index in [0.29, 0.717) is 19.4 Å². The van der Waals surface area contributed by atoms with Crippen molar-refractivity contribution < 1.29 is 18.0 Å². The van der Waals surface area contributed by atoms with Crippen LogP contribution >= 0.6 is 0 Å². The van der Waals surface area contributed by atoms with E-state index in [1.54, 1.807) is 4.68 Å². The Labute approximate surface area is 146 Å². The number of piperidine rings is 1. The number of hydrogen-bond acceptors (Lipinski definition) is 3. The largest absolute Gasteiger partial charge is 0.401 e.